The Morgan fingerprint density at radius 3 is 2.07 bits per heavy atom. The first-order valence-corrected chi connectivity index (χ1v) is 10.3. The molecule has 4 amide bonds. The summed E-state index contributed by atoms with van der Waals surface area (Å²) in [7, 11) is 0. The summed E-state index contributed by atoms with van der Waals surface area (Å²) in [4.78, 5) is 58.3. The number of hydrogen-bond acceptors (Lipinski definition) is 8. The van der Waals surface area contributed by atoms with Crippen molar-refractivity contribution in [1.82, 2.24) is 16.0 Å². The third kappa shape index (κ3) is 9.80. The second kappa shape index (κ2) is 13.2. The second-order valence-corrected chi connectivity index (χ2v) is 7.28. The fourth-order valence-corrected chi connectivity index (χ4v) is 2.67. The van der Waals surface area contributed by atoms with Crippen LogP contribution in [0.25, 0.3) is 0 Å². The fraction of sp³-hybridized carbons (Fsp3) is 0.667. The summed E-state index contributed by atoms with van der Waals surface area (Å²) in [5.41, 5.74) is 10.7. The third-order valence-electron chi connectivity index (χ3n) is 3.56. The first kappa shape index (κ1) is 26.0. The van der Waals surface area contributed by atoms with Crippen molar-refractivity contribution < 1.29 is 29.1 Å². The summed E-state index contributed by atoms with van der Waals surface area (Å²) in [5.74, 6) is -3.74. The Morgan fingerprint density at radius 1 is 1.04 bits per heavy atom. The molecule has 0 spiro atoms. The van der Waals surface area contributed by atoms with Gasteiger partial charge < -0.3 is 32.5 Å². The average Bonchev–Trinajstić information content (AvgIpc) is 2.62. The lowest BCUT2D eigenvalue weighted by Gasteiger charge is -2.22. The van der Waals surface area contributed by atoms with Crippen LogP contribution in [0.4, 0.5) is 0 Å². The van der Waals surface area contributed by atoms with Crippen molar-refractivity contribution in [2.24, 2.45) is 11.5 Å². The predicted molar refractivity (Wildman–Crippen MR) is 108 cm³/mol. The van der Waals surface area contributed by atoms with Crippen LogP contribution in [-0.4, -0.2) is 76.6 Å². The molecule has 0 fully saturated rings. The van der Waals surface area contributed by atoms with Gasteiger partial charge in [-0.1, -0.05) is 0 Å². The van der Waals surface area contributed by atoms with Crippen LogP contribution in [-0.2, 0) is 24.0 Å². The number of carboxylic acids is 1. The first-order chi connectivity index (χ1) is 13.0. The number of nitrogens with two attached hydrogens (primary N) is 2. The van der Waals surface area contributed by atoms with Crippen molar-refractivity contribution in [3.05, 3.63) is 0 Å². The number of rotatable bonds is 13. The van der Waals surface area contributed by atoms with Crippen molar-refractivity contribution >= 4 is 54.0 Å². The Labute approximate surface area is 172 Å². The SMILES string of the molecule is CSCCC(N)C(=O)NC(CS)C(=O)NC(C)C(=O)NC(CC(N)=O)C(=O)O. The number of hydrogen-bond donors (Lipinski definition) is 7. The Hall–Kier alpha value is -1.99. The van der Waals surface area contributed by atoms with Gasteiger partial charge in [0.15, 0.2) is 0 Å². The second-order valence-electron chi connectivity index (χ2n) is 5.93. The highest BCUT2D eigenvalue weighted by Gasteiger charge is 2.28. The van der Waals surface area contributed by atoms with Crippen LogP contribution in [0, 0.1) is 0 Å². The molecule has 0 bridgehead atoms. The van der Waals surface area contributed by atoms with E-state index in [1.165, 1.54) is 18.7 Å². The maximum atomic E-state index is 12.3. The predicted octanol–water partition coefficient (Wildman–Crippen LogP) is -2.57. The van der Waals surface area contributed by atoms with Crippen molar-refractivity contribution in [3.8, 4) is 0 Å². The van der Waals surface area contributed by atoms with Gasteiger partial charge >= 0.3 is 5.97 Å². The molecule has 0 heterocycles. The number of thioether (sulfide) groups is 1. The summed E-state index contributed by atoms with van der Waals surface area (Å²) >= 11 is 5.54. The number of carbonyl (C=O) groups is 5. The van der Waals surface area contributed by atoms with Crippen LogP contribution in [0.5, 0.6) is 0 Å². The van der Waals surface area contributed by atoms with E-state index in [-0.39, 0.29) is 5.75 Å². The highest BCUT2D eigenvalue weighted by molar-refractivity contribution is 7.98. The van der Waals surface area contributed by atoms with Gasteiger partial charge in [-0.3, -0.25) is 19.2 Å². The lowest BCUT2D eigenvalue weighted by molar-refractivity contribution is -0.143. The summed E-state index contributed by atoms with van der Waals surface area (Å²) in [6.07, 6.45) is 1.72. The lowest BCUT2D eigenvalue weighted by Crippen LogP contribution is -2.57. The Morgan fingerprint density at radius 2 is 1.61 bits per heavy atom. The summed E-state index contributed by atoms with van der Waals surface area (Å²) in [6.45, 7) is 1.32. The van der Waals surface area contributed by atoms with Gasteiger partial charge in [-0.05, 0) is 25.4 Å². The van der Waals surface area contributed by atoms with E-state index in [0.717, 1.165) is 0 Å². The zero-order chi connectivity index (χ0) is 21.9. The van der Waals surface area contributed by atoms with Crippen LogP contribution >= 0.6 is 24.4 Å². The normalized spacial score (nSPS) is 14.9. The van der Waals surface area contributed by atoms with E-state index in [4.69, 9.17) is 16.6 Å². The topological polar surface area (TPSA) is 194 Å². The molecule has 0 aliphatic carbocycles. The number of primary amides is 1. The molecule has 11 nitrogen and oxygen atoms in total. The maximum Gasteiger partial charge on any atom is 0.326 e. The van der Waals surface area contributed by atoms with Crippen LogP contribution < -0.4 is 27.4 Å². The molecule has 0 radical (unpaired) electrons. The number of nitrogens with one attached hydrogen (secondary N) is 3. The number of amides is 4. The Balaban J connectivity index is 4.77. The maximum absolute atomic E-state index is 12.3. The van der Waals surface area contributed by atoms with Gasteiger partial charge in [0.05, 0.1) is 12.5 Å². The molecular formula is C15H27N5O6S2. The first-order valence-electron chi connectivity index (χ1n) is 8.31. The molecule has 4 unspecified atom stereocenters. The number of carbonyl (C=O) groups excluding carboxylic acids is 4. The number of aliphatic carboxylic acids is 1. The quantitative estimate of drug-likeness (QED) is 0.153. The molecule has 160 valence electrons. The molecule has 0 saturated carbocycles. The fourth-order valence-electron chi connectivity index (χ4n) is 1.93. The average molecular weight is 438 g/mol. The molecule has 0 saturated heterocycles. The molecule has 8 N–H and O–H groups in total. The van der Waals surface area contributed by atoms with Crippen molar-refractivity contribution in [1.29, 1.82) is 0 Å². The summed E-state index contributed by atoms with van der Waals surface area (Å²) < 4.78 is 0. The van der Waals surface area contributed by atoms with E-state index < -0.39 is 60.2 Å². The van der Waals surface area contributed by atoms with E-state index in [1.807, 2.05) is 6.26 Å². The molecule has 0 rings (SSSR count). The van der Waals surface area contributed by atoms with Crippen molar-refractivity contribution in [3.63, 3.8) is 0 Å². The van der Waals surface area contributed by atoms with Gasteiger partial charge in [-0.25, -0.2) is 4.79 Å². The van der Waals surface area contributed by atoms with Crippen molar-refractivity contribution in [2.75, 3.05) is 17.8 Å². The molecule has 13 heteroatoms. The van der Waals surface area contributed by atoms with E-state index >= 15 is 0 Å². The lowest BCUT2D eigenvalue weighted by atomic mass is 10.1. The molecule has 0 aliphatic heterocycles. The zero-order valence-corrected chi connectivity index (χ0v) is 17.3. The van der Waals surface area contributed by atoms with E-state index in [1.54, 1.807) is 0 Å². The third-order valence-corrected chi connectivity index (χ3v) is 4.57. The van der Waals surface area contributed by atoms with Gasteiger partial charge in [0, 0.05) is 5.75 Å². The van der Waals surface area contributed by atoms with E-state index in [9.17, 15) is 24.0 Å². The van der Waals surface area contributed by atoms with Gasteiger partial charge in [0.25, 0.3) is 0 Å². The minimum absolute atomic E-state index is 0.0411. The highest BCUT2D eigenvalue weighted by atomic mass is 32.2. The van der Waals surface area contributed by atoms with Crippen molar-refractivity contribution in [2.45, 2.75) is 43.9 Å². The molecule has 28 heavy (non-hydrogen) atoms. The molecule has 4 atom stereocenters. The van der Waals surface area contributed by atoms with Crippen LogP contribution in [0.2, 0.25) is 0 Å². The largest absolute Gasteiger partial charge is 0.480 e. The van der Waals surface area contributed by atoms with Gasteiger partial charge in [0.1, 0.15) is 18.1 Å². The molecule has 0 aromatic carbocycles. The van der Waals surface area contributed by atoms with E-state index in [0.29, 0.717) is 12.2 Å². The van der Waals surface area contributed by atoms with Gasteiger partial charge in [0.2, 0.25) is 23.6 Å². The van der Waals surface area contributed by atoms with E-state index in [2.05, 4.69) is 28.6 Å². The monoisotopic (exact) mass is 437 g/mol. The van der Waals surface area contributed by atoms with Crippen LogP contribution in [0.1, 0.15) is 19.8 Å². The van der Waals surface area contributed by atoms with Gasteiger partial charge in [-0.15, -0.1) is 0 Å². The molecule has 0 aromatic rings. The zero-order valence-electron chi connectivity index (χ0n) is 15.6. The van der Waals surface area contributed by atoms with Crippen LogP contribution in [0.3, 0.4) is 0 Å². The number of thiol groups is 1. The molecule has 0 aliphatic rings. The summed E-state index contributed by atoms with van der Waals surface area (Å²) in [5, 5.41) is 15.9. The summed E-state index contributed by atoms with van der Waals surface area (Å²) in [6, 6.07) is -4.47. The smallest absolute Gasteiger partial charge is 0.326 e. The molecule has 0 aromatic heterocycles. The molecular weight excluding hydrogens is 410 g/mol. The van der Waals surface area contributed by atoms with Crippen LogP contribution in [0.15, 0.2) is 0 Å². The highest BCUT2D eigenvalue weighted by Crippen LogP contribution is 2.00. The minimum atomic E-state index is -1.51. The Kier molecular flexibility index (Phi) is 12.3. The van der Waals surface area contributed by atoms with Gasteiger partial charge in [-0.2, -0.15) is 24.4 Å². The Bertz CT molecular complexity index is 591. The number of carboxylic acid groups (broad SMARTS) is 1. The standard InChI is InChI=1S/C15H27N5O6S2/c1-7(12(22)19-9(15(25)26)5-11(17)21)18-14(24)10(6-27)20-13(23)8(16)3-4-28-2/h7-10,27H,3-6,16H2,1-2H3,(H2,17,21)(H,18,24)(H,19,22)(H,20,23)(H,25,26). The minimum Gasteiger partial charge on any atom is -0.480 e.